The van der Waals surface area contributed by atoms with Crippen LogP contribution >= 0.6 is 0 Å². The highest BCUT2D eigenvalue weighted by atomic mass is 16.3. The van der Waals surface area contributed by atoms with Crippen LogP contribution in [0.3, 0.4) is 0 Å². The van der Waals surface area contributed by atoms with E-state index in [0.29, 0.717) is 5.92 Å². The predicted molar refractivity (Wildman–Crippen MR) is 103 cm³/mol. The van der Waals surface area contributed by atoms with Crippen LogP contribution in [0.15, 0.2) is 40.8 Å². The quantitative estimate of drug-likeness (QED) is 0.490. The van der Waals surface area contributed by atoms with Crippen molar-refractivity contribution in [3.8, 4) is 11.4 Å². The Bertz CT molecular complexity index is 1090. The van der Waals surface area contributed by atoms with Gasteiger partial charge in [-0.3, -0.25) is 0 Å². The summed E-state index contributed by atoms with van der Waals surface area (Å²) in [4.78, 5) is 4.85. The number of para-hydroxylation sites is 2. The molecule has 2 aromatic heterocycles. The average Bonchev–Trinajstić information content (AvgIpc) is 3.36. The molecular weight excluding hydrogens is 322 g/mol. The van der Waals surface area contributed by atoms with Gasteiger partial charge < -0.3 is 4.42 Å². The molecule has 26 heavy (non-hydrogen) atoms. The molecule has 2 aromatic carbocycles. The standard InChI is InChI=1S/C22H24N3O/c1-14-12-13-16-20(26-21(23-16)15-8-4-5-9-15)19(14)22-24(2)17-10-6-7-11-18(17)25(22)3/h6-7,10-13,15H,4-5,8-9H2,1-3H3/q+1. The van der Waals surface area contributed by atoms with E-state index >= 15 is 0 Å². The Morgan fingerprint density at radius 3 is 2.65 bits per heavy atom. The van der Waals surface area contributed by atoms with Gasteiger partial charge in [-0.1, -0.05) is 31.0 Å². The summed E-state index contributed by atoms with van der Waals surface area (Å²) in [5.74, 6) is 2.56. The van der Waals surface area contributed by atoms with Crippen LogP contribution in [-0.4, -0.2) is 9.55 Å². The number of hydrogen-bond acceptors (Lipinski definition) is 2. The van der Waals surface area contributed by atoms with Crippen LogP contribution in [0.2, 0.25) is 0 Å². The molecule has 1 aliphatic rings. The Hall–Kier alpha value is -2.62. The van der Waals surface area contributed by atoms with Gasteiger partial charge in [0.05, 0.1) is 14.1 Å². The number of imidazole rings is 1. The van der Waals surface area contributed by atoms with Crippen molar-refractivity contribution >= 4 is 22.1 Å². The van der Waals surface area contributed by atoms with E-state index < -0.39 is 0 Å². The zero-order valence-electron chi connectivity index (χ0n) is 15.6. The fourth-order valence-corrected chi connectivity index (χ4v) is 4.55. The maximum atomic E-state index is 6.39. The monoisotopic (exact) mass is 346 g/mol. The second kappa shape index (κ2) is 5.70. The molecule has 2 heterocycles. The van der Waals surface area contributed by atoms with Crippen LogP contribution in [0.4, 0.5) is 0 Å². The maximum absolute atomic E-state index is 6.39. The van der Waals surface area contributed by atoms with Crippen LogP contribution in [0.25, 0.3) is 33.5 Å². The van der Waals surface area contributed by atoms with Crippen molar-refractivity contribution in [3.63, 3.8) is 0 Å². The number of aryl methyl sites for hydroxylation is 3. The van der Waals surface area contributed by atoms with Gasteiger partial charge in [0.25, 0.3) is 5.82 Å². The Balaban J connectivity index is 1.80. The summed E-state index contributed by atoms with van der Waals surface area (Å²) < 4.78 is 10.9. The lowest BCUT2D eigenvalue weighted by molar-refractivity contribution is -0.634. The second-order valence-corrected chi connectivity index (χ2v) is 7.57. The molecule has 1 aliphatic carbocycles. The second-order valence-electron chi connectivity index (χ2n) is 7.57. The largest absolute Gasteiger partial charge is 0.439 e. The first-order valence-corrected chi connectivity index (χ1v) is 9.49. The minimum Gasteiger partial charge on any atom is -0.439 e. The topological polar surface area (TPSA) is 34.8 Å². The van der Waals surface area contributed by atoms with Gasteiger partial charge in [0.1, 0.15) is 11.1 Å². The molecule has 1 saturated carbocycles. The molecule has 0 saturated heterocycles. The van der Waals surface area contributed by atoms with Crippen molar-refractivity contribution in [2.24, 2.45) is 14.1 Å². The SMILES string of the molecule is Cc1ccc2nc(C3CCCC3)oc2c1-c1n(C)c2ccccc2[n+]1C. The molecule has 0 spiro atoms. The molecule has 0 unspecified atom stereocenters. The number of fused-ring (bicyclic) bond motifs is 2. The van der Waals surface area contributed by atoms with Crippen molar-refractivity contribution < 1.29 is 8.98 Å². The molecule has 0 N–H and O–H groups in total. The Kier molecular flexibility index (Phi) is 3.42. The highest BCUT2D eigenvalue weighted by Crippen LogP contribution is 2.38. The van der Waals surface area contributed by atoms with E-state index in [1.807, 2.05) is 0 Å². The highest BCUT2D eigenvalue weighted by molar-refractivity contribution is 5.91. The normalized spacial score (nSPS) is 15.5. The van der Waals surface area contributed by atoms with E-state index in [1.54, 1.807) is 0 Å². The Morgan fingerprint density at radius 1 is 1.12 bits per heavy atom. The Labute approximate surface area is 153 Å². The maximum Gasteiger partial charge on any atom is 0.293 e. The molecule has 132 valence electrons. The van der Waals surface area contributed by atoms with Crippen LogP contribution in [0.1, 0.15) is 43.1 Å². The molecular formula is C22H24N3O+. The smallest absolute Gasteiger partial charge is 0.293 e. The van der Waals surface area contributed by atoms with Gasteiger partial charge in [-0.25, -0.2) is 14.1 Å². The molecule has 0 atom stereocenters. The third-order valence-electron chi connectivity index (χ3n) is 5.95. The van der Waals surface area contributed by atoms with Gasteiger partial charge in [-0.2, -0.15) is 0 Å². The van der Waals surface area contributed by atoms with Crippen molar-refractivity contribution in [1.82, 2.24) is 9.55 Å². The summed E-state index contributed by atoms with van der Waals surface area (Å²) in [6, 6.07) is 12.8. The van der Waals surface area contributed by atoms with Crippen molar-refractivity contribution in [1.29, 1.82) is 0 Å². The lowest BCUT2D eigenvalue weighted by Crippen LogP contribution is -2.30. The molecule has 4 nitrogen and oxygen atoms in total. The van der Waals surface area contributed by atoms with Crippen molar-refractivity contribution in [3.05, 3.63) is 47.9 Å². The average molecular weight is 346 g/mol. The number of rotatable bonds is 2. The molecule has 5 rings (SSSR count). The van der Waals surface area contributed by atoms with E-state index in [4.69, 9.17) is 9.40 Å². The summed E-state index contributed by atoms with van der Waals surface area (Å²) in [5.41, 5.74) is 6.70. The number of hydrogen-bond donors (Lipinski definition) is 0. The van der Waals surface area contributed by atoms with E-state index in [2.05, 4.69) is 66.6 Å². The fraction of sp³-hybridized carbons (Fsp3) is 0.364. The summed E-state index contributed by atoms with van der Waals surface area (Å²) in [6.07, 6.45) is 4.97. The van der Waals surface area contributed by atoms with Gasteiger partial charge in [0.15, 0.2) is 22.5 Å². The van der Waals surface area contributed by atoms with Gasteiger partial charge in [-0.05, 0) is 43.5 Å². The first kappa shape index (κ1) is 15.6. The van der Waals surface area contributed by atoms with E-state index in [0.717, 1.165) is 28.4 Å². The molecule has 0 bridgehead atoms. The van der Waals surface area contributed by atoms with E-state index in [1.165, 1.54) is 42.3 Å². The highest BCUT2D eigenvalue weighted by Gasteiger charge is 2.29. The fourth-order valence-electron chi connectivity index (χ4n) is 4.55. The lowest BCUT2D eigenvalue weighted by Gasteiger charge is -2.04. The number of oxazole rings is 1. The number of benzene rings is 2. The summed E-state index contributed by atoms with van der Waals surface area (Å²) in [7, 11) is 4.26. The van der Waals surface area contributed by atoms with Crippen molar-refractivity contribution in [2.75, 3.05) is 0 Å². The Morgan fingerprint density at radius 2 is 1.88 bits per heavy atom. The summed E-state index contributed by atoms with van der Waals surface area (Å²) >= 11 is 0. The van der Waals surface area contributed by atoms with Gasteiger partial charge in [0.2, 0.25) is 0 Å². The van der Waals surface area contributed by atoms with E-state index in [9.17, 15) is 0 Å². The summed E-state index contributed by atoms with van der Waals surface area (Å²) in [5, 5.41) is 0. The van der Waals surface area contributed by atoms with Gasteiger partial charge in [-0.15, -0.1) is 0 Å². The molecule has 1 fully saturated rings. The number of nitrogens with zero attached hydrogens (tertiary/aromatic N) is 3. The minimum absolute atomic E-state index is 0.483. The third kappa shape index (κ3) is 2.14. The number of aromatic nitrogens is 3. The van der Waals surface area contributed by atoms with Crippen molar-refractivity contribution in [2.45, 2.75) is 38.5 Å². The third-order valence-corrected chi connectivity index (χ3v) is 5.95. The molecule has 4 heteroatoms. The van der Waals surface area contributed by atoms with Crippen LogP contribution in [-0.2, 0) is 14.1 Å². The first-order chi connectivity index (χ1) is 12.6. The van der Waals surface area contributed by atoms with Crippen LogP contribution in [0, 0.1) is 6.92 Å². The molecule has 0 aliphatic heterocycles. The predicted octanol–water partition coefficient (Wildman–Crippen LogP) is 4.78. The zero-order valence-corrected chi connectivity index (χ0v) is 15.6. The molecule has 0 amide bonds. The molecule has 4 aromatic rings. The zero-order chi connectivity index (χ0) is 17.8. The van der Waals surface area contributed by atoms with E-state index in [-0.39, 0.29) is 0 Å². The first-order valence-electron chi connectivity index (χ1n) is 9.49. The van der Waals surface area contributed by atoms with Crippen LogP contribution in [0.5, 0.6) is 0 Å². The van der Waals surface area contributed by atoms with Crippen LogP contribution < -0.4 is 4.57 Å². The molecule has 0 radical (unpaired) electrons. The van der Waals surface area contributed by atoms with Gasteiger partial charge >= 0.3 is 0 Å². The lowest BCUT2D eigenvalue weighted by atomic mass is 10.1. The van der Waals surface area contributed by atoms with Gasteiger partial charge in [0, 0.05) is 5.92 Å². The minimum atomic E-state index is 0.483. The summed E-state index contributed by atoms with van der Waals surface area (Å²) in [6.45, 7) is 2.16.